The summed E-state index contributed by atoms with van der Waals surface area (Å²) in [7, 11) is 0. The van der Waals surface area contributed by atoms with Gasteiger partial charge in [-0.15, -0.1) is 118 Å². The summed E-state index contributed by atoms with van der Waals surface area (Å²) in [5, 5.41) is 20.9. The van der Waals surface area contributed by atoms with Crippen LogP contribution in [-0.2, 0) is 38.4 Å². The number of esters is 3. The van der Waals surface area contributed by atoms with E-state index in [0.29, 0.717) is 47.4 Å². The predicted molar refractivity (Wildman–Crippen MR) is 188 cm³/mol. The Morgan fingerprint density at radius 2 is 0.854 bits per heavy atom. The van der Waals surface area contributed by atoms with E-state index in [1.807, 2.05) is 0 Å². The number of thioether (sulfide) groups is 10. The molecule has 10 nitrogen and oxygen atoms in total. The average Bonchev–Trinajstić information content (AvgIpc) is 2.96. The summed E-state index contributed by atoms with van der Waals surface area (Å²) in [6.07, 6.45) is 0. The van der Waals surface area contributed by atoms with Crippen LogP contribution in [0.15, 0.2) is 0 Å². The summed E-state index contributed by atoms with van der Waals surface area (Å²) in [6, 6.07) is 0. The van der Waals surface area contributed by atoms with E-state index in [-0.39, 0.29) is 47.2 Å². The van der Waals surface area contributed by atoms with Crippen LogP contribution in [0.5, 0.6) is 0 Å². The first-order valence-electron chi connectivity index (χ1n) is 11.8. The predicted octanol–water partition coefficient (Wildman–Crippen LogP) is 4.50. The molecule has 0 radical (unpaired) electrons. The minimum Gasteiger partial charge on any atom is -0.464 e. The van der Waals surface area contributed by atoms with Crippen molar-refractivity contribution in [1.82, 2.24) is 0 Å². The molecule has 0 aliphatic carbocycles. The Hall–Kier alpha value is 1.75. The summed E-state index contributed by atoms with van der Waals surface area (Å²) in [5.74, 6) is 3.09. The zero-order chi connectivity index (χ0) is 30.1. The molecule has 0 saturated carbocycles. The maximum Gasteiger partial charge on any atom is 0.316 e. The Kier molecular flexibility index (Phi) is 37.8. The zero-order valence-electron chi connectivity index (χ0n) is 22.5. The summed E-state index contributed by atoms with van der Waals surface area (Å²) < 4.78 is 15.4. The van der Waals surface area contributed by atoms with E-state index < -0.39 is 0 Å². The van der Waals surface area contributed by atoms with Crippen LogP contribution in [0.2, 0.25) is 0 Å². The fourth-order valence-electron chi connectivity index (χ4n) is 1.87. The standard InChI is InChI=1S/C21H38O10S10/c22-10-38-15-32-4-1-27-19(24)7-35-14-34-6-3-30-31-13-41-18-40-12-29-21(26)9-37-17-36-8-20(25)28-2-5-33-16-39-11-23/h22-23H,1-18H2. The van der Waals surface area contributed by atoms with Gasteiger partial charge in [0.1, 0.15) is 25.1 Å². The van der Waals surface area contributed by atoms with E-state index in [9.17, 15) is 14.4 Å². The maximum atomic E-state index is 11.7. The van der Waals surface area contributed by atoms with Gasteiger partial charge in [0.25, 0.3) is 0 Å². The van der Waals surface area contributed by atoms with Crippen molar-refractivity contribution in [3.05, 3.63) is 0 Å². The lowest BCUT2D eigenvalue weighted by Gasteiger charge is -2.06. The highest BCUT2D eigenvalue weighted by Crippen LogP contribution is 2.16. The molecule has 0 amide bonds. The lowest BCUT2D eigenvalue weighted by atomic mass is 10.8. The molecule has 0 aliphatic rings. The van der Waals surface area contributed by atoms with Crippen LogP contribution in [0.4, 0.5) is 0 Å². The number of hydrogen-bond acceptors (Lipinski definition) is 20. The third-order valence-electron chi connectivity index (χ3n) is 3.49. The molecular formula is C21H38O10S10. The van der Waals surface area contributed by atoms with E-state index in [4.69, 9.17) is 34.2 Å². The van der Waals surface area contributed by atoms with Crippen LogP contribution >= 0.6 is 118 Å². The first-order chi connectivity index (χ1) is 20.1. The molecule has 0 aromatic heterocycles. The quantitative estimate of drug-likeness (QED) is 0.0248. The largest absolute Gasteiger partial charge is 0.464 e. The van der Waals surface area contributed by atoms with Gasteiger partial charge in [0.2, 0.25) is 0 Å². The summed E-state index contributed by atoms with van der Waals surface area (Å²) >= 11 is 15.0. The van der Waals surface area contributed by atoms with Crippen molar-refractivity contribution in [2.45, 2.75) is 0 Å². The molecule has 2 N–H and O–H groups in total. The van der Waals surface area contributed by atoms with Crippen LogP contribution in [0, 0.1) is 0 Å². The highest BCUT2D eigenvalue weighted by molar-refractivity contribution is 8.17. The third-order valence-corrected chi connectivity index (χ3v) is 13.8. The minimum atomic E-state index is -0.288. The molecule has 0 spiro atoms. The highest BCUT2D eigenvalue weighted by atomic mass is 32.2. The lowest BCUT2D eigenvalue weighted by molar-refractivity contribution is -0.274. The van der Waals surface area contributed by atoms with Crippen LogP contribution in [0.3, 0.4) is 0 Å². The topological polar surface area (TPSA) is 138 Å². The summed E-state index contributed by atoms with van der Waals surface area (Å²) in [4.78, 5) is 45.2. The minimum absolute atomic E-state index is 0.0955. The van der Waals surface area contributed by atoms with Gasteiger partial charge in [-0.05, 0) is 0 Å². The Morgan fingerprint density at radius 1 is 0.439 bits per heavy atom. The number of ether oxygens (including phenoxy) is 3. The number of hydrogen-bond donors (Lipinski definition) is 2. The Balaban J connectivity index is 3.28. The van der Waals surface area contributed by atoms with Crippen molar-refractivity contribution in [2.24, 2.45) is 0 Å². The van der Waals surface area contributed by atoms with Crippen molar-refractivity contribution in [3.8, 4) is 0 Å². The molecule has 0 saturated heterocycles. The Morgan fingerprint density at radius 3 is 1.39 bits per heavy atom. The zero-order valence-corrected chi connectivity index (χ0v) is 30.6. The van der Waals surface area contributed by atoms with Gasteiger partial charge < -0.3 is 24.4 Å². The Labute approximate surface area is 285 Å². The molecule has 0 rings (SSSR count). The molecule has 0 aromatic rings. The number of aliphatic hydroxyl groups excluding tert-OH is 2. The van der Waals surface area contributed by atoms with E-state index >= 15 is 0 Å². The van der Waals surface area contributed by atoms with E-state index in [2.05, 4.69) is 0 Å². The normalized spacial score (nSPS) is 11.0. The van der Waals surface area contributed by atoms with E-state index in [0.717, 1.165) is 26.8 Å². The van der Waals surface area contributed by atoms with Crippen molar-refractivity contribution >= 4 is 136 Å². The van der Waals surface area contributed by atoms with Gasteiger partial charge in [0, 0.05) is 42.7 Å². The second-order valence-corrected chi connectivity index (χ2v) is 18.4. The van der Waals surface area contributed by atoms with Gasteiger partial charge in [-0.25, -0.2) is 9.78 Å². The molecule has 0 fully saturated rings. The van der Waals surface area contributed by atoms with Crippen LogP contribution in [0.25, 0.3) is 0 Å². The van der Waals surface area contributed by atoms with Crippen molar-refractivity contribution in [2.75, 3.05) is 104 Å². The number of carbonyl (C=O) groups excluding carboxylic acids is 3. The van der Waals surface area contributed by atoms with Crippen molar-refractivity contribution < 1.29 is 48.6 Å². The van der Waals surface area contributed by atoms with Gasteiger partial charge in [-0.1, -0.05) is 0 Å². The molecule has 0 aromatic carbocycles. The Bertz CT molecular complexity index is 628. The fourth-order valence-corrected chi connectivity index (χ4v) is 9.47. The molecule has 0 atom stereocenters. The van der Waals surface area contributed by atoms with Crippen molar-refractivity contribution in [3.63, 3.8) is 0 Å². The van der Waals surface area contributed by atoms with Crippen LogP contribution < -0.4 is 0 Å². The third kappa shape index (κ3) is 36.1. The summed E-state index contributed by atoms with van der Waals surface area (Å²) in [6.45, 7) is 1.20. The molecule has 0 bridgehead atoms. The van der Waals surface area contributed by atoms with Gasteiger partial charge in [-0.2, -0.15) is 0 Å². The SMILES string of the molecule is O=C(CSCSCCOOCSCSCOC(=O)CSCSCC(=O)OCCSCSCO)OCCSCSCO. The molecule has 20 heteroatoms. The van der Waals surface area contributed by atoms with Crippen molar-refractivity contribution in [1.29, 1.82) is 0 Å². The molecular weight excluding hydrogens is 733 g/mol. The summed E-state index contributed by atoms with van der Waals surface area (Å²) in [5.41, 5.74) is 0. The molecule has 41 heavy (non-hydrogen) atoms. The second-order valence-electron chi connectivity index (χ2n) is 6.57. The monoisotopic (exact) mass is 770 g/mol. The molecule has 0 heterocycles. The van der Waals surface area contributed by atoms with E-state index in [1.165, 1.54) is 82.3 Å². The first kappa shape index (κ1) is 42.8. The van der Waals surface area contributed by atoms with Crippen LogP contribution in [-0.4, -0.2) is 132 Å². The van der Waals surface area contributed by atoms with Gasteiger partial charge in [0.05, 0.1) is 35.7 Å². The van der Waals surface area contributed by atoms with Gasteiger partial charge in [-0.3, -0.25) is 14.4 Å². The first-order valence-corrected chi connectivity index (χ1v) is 23.3. The highest BCUT2D eigenvalue weighted by Gasteiger charge is 2.07. The molecule has 242 valence electrons. The second kappa shape index (κ2) is 36.2. The van der Waals surface area contributed by atoms with Gasteiger partial charge >= 0.3 is 17.9 Å². The average molecular weight is 771 g/mol. The van der Waals surface area contributed by atoms with E-state index in [1.54, 1.807) is 35.3 Å². The number of carbonyl (C=O) groups is 3. The van der Waals surface area contributed by atoms with Crippen LogP contribution in [0.1, 0.15) is 0 Å². The maximum absolute atomic E-state index is 11.7. The molecule has 0 unspecified atom stereocenters. The molecule has 0 aliphatic heterocycles. The van der Waals surface area contributed by atoms with Gasteiger partial charge in [0.15, 0.2) is 0 Å². The fraction of sp³-hybridized carbons (Fsp3) is 0.857. The lowest BCUT2D eigenvalue weighted by Crippen LogP contribution is -2.10. The number of rotatable bonds is 32. The smallest absolute Gasteiger partial charge is 0.316 e. The number of aliphatic hydroxyl groups is 2.